The highest BCUT2D eigenvalue weighted by molar-refractivity contribution is 7.15. The SMILES string of the molecule is Cc1ccc(-c2nc(C)c(CCNC(=O)C(=O)N[C@@H](C)c3ccccc3)s2)cc1. The maximum atomic E-state index is 12.1. The quantitative estimate of drug-likeness (QED) is 0.608. The summed E-state index contributed by atoms with van der Waals surface area (Å²) >= 11 is 1.62. The van der Waals surface area contributed by atoms with Crippen LogP contribution in [0.2, 0.25) is 0 Å². The number of benzene rings is 2. The van der Waals surface area contributed by atoms with Crippen molar-refractivity contribution >= 4 is 23.2 Å². The van der Waals surface area contributed by atoms with Crippen molar-refractivity contribution in [3.05, 3.63) is 76.3 Å². The van der Waals surface area contributed by atoms with Crippen molar-refractivity contribution in [3.8, 4) is 10.6 Å². The van der Waals surface area contributed by atoms with E-state index in [2.05, 4.69) is 46.8 Å². The Labute approximate surface area is 175 Å². The van der Waals surface area contributed by atoms with E-state index in [0.29, 0.717) is 13.0 Å². The first-order valence-corrected chi connectivity index (χ1v) is 10.4. The molecule has 0 radical (unpaired) electrons. The molecule has 0 fully saturated rings. The Kier molecular flexibility index (Phi) is 6.77. The van der Waals surface area contributed by atoms with Crippen LogP contribution in [0.3, 0.4) is 0 Å². The number of thiazole rings is 1. The summed E-state index contributed by atoms with van der Waals surface area (Å²) in [6.45, 7) is 6.28. The molecule has 1 heterocycles. The summed E-state index contributed by atoms with van der Waals surface area (Å²) in [5, 5.41) is 6.40. The number of hydrogen-bond donors (Lipinski definition) is 2. The van der Waals surface area contributed by atoms with Gasteiger partial charge in [0.15, 0.2) is 0 Å². The maximum absolute atomic E-state index is 12.1. The third-order valence-corrected chi connectivity index (χ3v) is 5.95. The van der Waals surface area contributed by atoms with Gasteiger partial charge in [0, 0.05) is 23.4 Å². The lowest BCUT2D eigenvalue weighted by molar-refractivity contribution is -0.139. The number of rotatable bonds is 6. The van der Waals surface area contributed by atoms with Gasteiger partial charge in [0.1, 0.15) is 5.01 Å². The number of carbonyl (C=O) groups is 2. The predicted octanol–water partition coefficient (Wildman–Crippen LogP) is 3.96. The molecule has 3 rings (SSSR count). The van der Waals surface area contributed by atoms with E-state index in [9.17, 15) is 9.59 Å². The molecule has 0 saturated heterocycles. The molecule has 0 aliphatic carbocycles. The first-order valence-electron chi connectivity index (χ1n) is 9.61. The maximum Gasteiger partial charge on any atom is 0.309 e. The molecule has 5 nitrogen and oxygen atoms in total. The number of amides is 2. The molecule has 2 N–H and O–H groups in total. The smallest absolute Gasteiger partial charge is 0.309 e. The molecule has 150 valence electrons. The van der Waals surface area contributed by atoms with E-state index < -0.39 is 11.8 Å². The van der Waals surface area contributed by atoms with Crippen LogP contribution >= 0.6 is 11.3 Å². The van der Waals surface area contributed by atoms with Crippen LogP contribution in [-0.2, 0) is 16.0 Å². The fourth-order valence-electron chi connectivity index (χ4n) is 2.94. The van der Waals surface area contributed by atoms with Gasteiger partial charge < -0.3 is 10.6 Å². The lowest BCUT2D eigenvalue weighted by Crippen LogP contribution is -2.41. The molecule has 0 aliphatic rings. The summed E-state index contributed by atoms with van der Waals surface area (Å²) in [6.07, 6.45) is 0.641. The van der Waals surface area contributed by atoms with Crippen LogP contribution in [0.15, 0.2) is 54.6 Å². The van der Waals surface area contributed by atoms with Gasteiger partial charge >= 0.3 is 11.8 Å². The molecule has 3 aromatic rings. The fourth-order valence-corrected chi connectivity index (χ4v) is 4.00. The Morgan fingerprint density at radius 2 is 1.69 bits per heavy atom. The third kappa shape index (κ3) is 5.51. The monoisotopic (exact) mass is 407 g/mol. The second kappa shape index (κ2) is 9.47. The van der Waals surface area contributed by atoms with Crippen LogP contribution in [-0.4, -0.2) is 23.3 Å². The average molecular weight is 408 g/mol. The van der Waals surface area contributed by atoms with Crippen molar-refractivity contribution in [1.82, 2.24) is 15.6 Å². The second-order valence-electron chi connectivity index (χ2n) is 7.01. The molecule has 0 bridgehead atoms. The van der Waals surface area contributed by atoms with Gasteiger partial charge in [-0.05, 0) is 26.3 Å². The Bertz CT molecular complexity index is 981. The van der Waals surface area contributed by atoms with Crippen molar-refractivity contribution in [2.45, 2.75) is 33.2 Å². The zero-order valence-electron chi connectivity index (χ0n) is 16.9. The molecule has 0 aliphatic heterocycles. The minimum Gasteiger partial charge on any atom is -0.347 e. The van der Waals surface area contributed by atoms with Crippen LogP contribution < -0.4 is 10.6 Å². The number of aryl methyl sites for hydroxylation is 2. The number of nitrogens with one attached hydrogen (secondary N) is 2. The lowest BCUT2D eigenvalue weighted by atomic mass is 10.1. The standard InChI is InChI=1S/C23H25N3O2S/c1-15-9-11-19(12-10-15)23-26-17(3)20(29-23)13-14-24-21(27)22(28)25-16(2)18-7-5-4-6-8-18/h4-12,16H,13-14H2,1-3H3,(H,24,27)(H,25,28)/t16-/m0/s1. The first-order chi connectivity index (χ1) is 13.9. The van der Waals surface area contributed by atoms with E-state index in [4.69, 9.17) is 0 Å². The molecular weight excluding hydrogens is 382 g/mol. The number of hydrogen-bond acceptors (Lipinski definition) is 4. The van der Waals surface area contributed by atoms with E-state index >= 15 is 0 Å². The van der Waals surface area contributed by atoms with Gasteiger partial charge in [-0.25, -0.2) is 4.98 Å². The minimum absolute atomic E-state index is 0.227. The van der Waals surface area contributed by atoms with Gasteiger partial charge in [0.25, 0.3) is 0 Å². The third-order valence-electron chi connectivity index (χ3n) is 4.68. The summed E-state index contributed by atoms with van der Waals surface area (Å²) in [4.78, 5) is 30.0. The van der Waals surface area contributed by atoms with Crippen molar-refractivity contribution < 1.29 is 9.59 Å². The van der Waals surface area contributed by atoms with Gasteiger partial charge in [0.05, 0.1) is 11.7 Å². The Balaban J connectivity index is 1.51. The Hall–Kier alpha value is -2.99. The molecule has 0 unspecified atom stereocenters. The Morgan fingerprint density at radius 1 is 1.00 bits per heavy atom. The molecule has 1 atom stereocenters. The molecule has 2 amide bonds. The van der Waals surface area contributed by atoms with Crippen LogP contribution in [0, 0.1) is 13.8 Å². The summed E-state index contributed by atoms with van der Waals surface area (Å²) in [5.41, 5.74) is 4.22. The highest BCUT2D eigenvalue weighted by Gasteiger charge is 2.17. The second-order valence-corrected chi connectivity index (χ2v) is 8.09. The minimum atomic E-state index is -0.622. The molecular formula is C23H25N3O2S. The normalized spacial score (nSPS) is 11.7. The van der Waals surface area contributed by atoms with Crippen molar-refractivity contribution in [3.63, 3.8) is 0 Å². The van der Waals surface area contributed by atoms with Crippen molar-refractivity contribution in [2.75, 3.05) is 6.54 Å². The molecule has 0 spiro atoms. The van der Waals surface area contributed by atoms with Gasteiger partial charge in [-0.15, -0.1) is 11.3 Å². The van der Waals surface area contributed by atoms with E-state index in [1.165, 1.54) is 5.56 Å². The van der Waals surface area contributed by atoms with E-state index in [1.54, 1.807) is 11.3 Å². The highest BCUT2D eigenvalue weighted by Crippen LogP contribution is 2.28. The number of aromatic nitrogens is 1. The first kappa shape index (κ1) is 20.7. The van der Waals surface area contributed by atoms with Crippen LogP contribution in [0.5, 0.6) is 0 Å². The Morgan fingerprint density at radius 3 is 2.38 bits per heavy atom. The van der Waals surface area contributed by atoms with Gasteiger partial charge in [-0.2, -0.15) is 0 Å². The predicted molar refractivity (Wildman–Crippen MR) is 117 cm³/mol. The summed E-state index contributed by atoms with van der Waals surface area (Å²) in [6, 6.07) is 17.6. The van der Waals surface area contributed by atoms with Crippen LogP contribution in [0.1, 0.15) is 34.7 Å². The van der Waals surface area contributed by atoms with E-state index in [1.807, 2.05) is 44.2 Å². The largest absolute Gasteiger partial charge is 0.347 e. The van der Waals surface area contributed by atoms with Crippen LogP contribution in [0.25, 0.3) is 10.6 Å². The molecule has 29 heavy (non-hydrogen) atoms. The molecule has 1 aromatic heterocycles. The molecule has 0 saturated carbocycles. The summed E-state index contributed by atoms with van der Waals surface area (Å²) < 4.78 is 0. The zero-order chi connectivity index (χ0) is 20.8. The fraction of sp³-hybridized carbons (Fsp3) is 0.261. The van der Waals surface area contributed by atoms with Crippen LogP contribution in [0.4, 0.5) is 0 Å². The highest BCUT2D eigenvalue weighted by atomic mass is 32.1. The van der Waals surface area contributed by atoms with Gasteiger partial charge in [-0.1, -0.05) is 60.2 Å². The zero-order valence-corrected chi connectivity index (χ0v) is 17.7. The summed E-state index contributed by atoms with van der Waals surface area (Å²) in [5.74, 6) is -1.24. The van der Waals surface area contributed by atoms with Crippen molar-refractivity contribution in [2.24, 2.45) is 0 Å². The lowest BCUT2D eigenvalue weighted by Gasteiger charge is -2.13. The van der Waals surface area contributed by atoms with Crippen molar-refractivity contribution in [1.29, 1.82) is 0 Å². The number of carbonyl (C=O) groups excluding carboxylic acids is 2. The van der Waals surface area contributed by atoms with Gasteiger partial charge in [0.2, 0.25) is 0 Å². The van der Waals surface area contributed by atoms with E-state index in [-0.39, 0.29) is 6.04 Å². The summed E-state index contributed by atoms with van der Waals surface area (Å²) in [7, 11) is 0. The molecule has 2 aromatic carbocycles. The average Bonchev–Trinajstić information content (AvgIpc) is 3.09. The topological polar surface area (TPSA) is 71.1 Å². The van der Waals surface area contributed by atoms with Gasteiger partial charge in [-0.3, -0.25) is 9.59 Å². The number of nitrogens with zero attached hydrogens (tertiary/aromatic N) is 1. The van der Waals surface area contributed by atoms with E-state index in [0.717, 1.165) is 26.7 Å². The molecule has 6 heteroatoms.